The number of aromatic nitrogens is 2. The minimum absolute atomic E-state index is 0.140. The molecule has 0 aliphatic heterocycles. The Morgan fingerprint density at radius 3 is 3.15 bits per heavy atom. The first-order chi connectivity index (χ1) is 6.24. The molecule has 0 aliphatic carbocycles. The van der Waals surface area contributed by atoms with Crippen molar-refractivity contribution in [2.24, 2.45) is 5.73 Å². The van der Waals surface area contributed by atoms with Gasteiger partial charge in [-0.3, -0.25) is 4.79 Å². The van der Waals surface area contributed by atoms with E-state index in [4.69, 9.17) is 5.73 Å². The Morgan fingerprint density at radius 2 is 2.62 bits per heavy atom. The highest BCUT2D eigenvalue weighted by Gasteiger charge is 2.09. The first kappa shape index (κ1) is 9.73. The third kappa shape index (κ3) is 2.87. The molecule has 0 saturated carbocycles. The lowest BCUT2D eigenvalue weighted by Crippen LogP contribution is -2.39. The van der Waals surface area contributed by atoms with E-state index in [2.05, 4.69) is 15.3 Å². The number of rotatable bonds is 4. The summed E-state index contributed by atoms with van der Waals surface area (Å²) in [7, 11) is 0. The number of nitrogens with zero attached hydrogens (tertiary/aromatic N) is 1. The van der Waals surface area contributed by atoms with Gasteiger partial charge in [0.05, 0.1) is 12.6 Å². The minimum atomic E-state index is -0.421. The molecule has 5 nitrogen and oxygen atoms in total. The lowest BCUT2D eigenvalue weighted by atomic mass is 10.2. The van der Waals surface area contributed by atoms with Gasteiger partial charge in [-0.25, -0.2) is 4.98 Å². The Balaban J connectivity index is 2.31. The Bertz CT molecular complexity index is 257. The van der Waals surface area contributed by atoms with Crippen LogP contribution in [0, 0.1) is 0 Å². The highest BCUT2D eigenvalue weighted by atomic mass is 16.2. The molecular weight excluding hydrogens is 168 g/mol. The molecule has 1 aromatic heterocycles. The average molecular weight is 182 g/mol. The quantitative estimate of drug-likeness (QED) is 0.601. The molecule has 0 bridgehead atoms. The molecule has 13 heavy (non-hydrogen) atoms. The summed E-state index contributed by atoms with van der Waals surface area (Å²) in [5.41, 5.74) is 5.51. The van der Waals surface area contributed by atoms with Crippen LogP contribution in [0.15, 0.2) is 12.4 Å². The number of amides is 1. The standard InChI is InChI=1S/C8H14N4O/c1-2-6(9)8(13)12-5-7-10-3-4-11-7/h3-4,6H,2,5,9H2,1H3,(H,10,11)(H,12,13). The van der Waals surface area contributed by atoms with Crippen LogP contribution in [-0.2, 0) is 11.3 Å². The molecule has 1 rings (SSSR count). The number of aromatic amines is 1. The van der Waals surface area contributed by atoms with Gasteiger partial charge in [-0.15, -0.1) is 0 Å². The number of hydrogen-bond donors (Lipinski definition) is 3. The number of hydrogen-bond acceptors (Lipinski definition) is 3. The monoisotopic (exact) mass is 182 g/mol. The van der Waals surface area contributed by atoms with Gasteiger partial charge in [0.15, 0.2) is 0 Å². The number of carbonyl (C=O) groups excluding carboxylic acids is 1. The van der Waals surface area contributed by atoms with Crippen LogP contribution < -0.4 is 11.1 Å². The molecule has 0 radical (unpaired) electrons. The predicted octanol–water partition coefficient (Wildman–Crippen LogP) is -0.237. The Kier molecular flexibility index (Phi) is 3.45. The summed E-state index contributed by atoms with van der Waals surface area (Å²) in [6.07, 6.45) is 3.99. The zero-order valence-electron chi connectivity index (χ0n) is 7.58. The van der Waals surface area contributed by atoms with Gasteiger partial charge in [-0.05, 0) is 6.42 Å². The Morgan fingerprint density at radius 1 is 1.85 bits per heavy atom. The van der Waals surface area contributed by atoms with E-state index in [1.54, 1.807) is 12.4 Å². The Hall–Kier alpha value is -1.36. The maximum Gasteiger partial charge on any atom is 0.237 e. The third-order valence-corrected chi connectivity index (χ3v) is 1.76. The molecule has 0 spiro atoms. The lowest BCUT2D eigenvalue weighted by Gasteiger charge is -2.08. The summed E-state index contributed by atoms with van der Waals surface area (Å²) in [4.78, 5) is 18.0. The molecular formula is C8H14N4O. The van der Waals surface area contributed by atoms with Crippen molar-refractivity contribution in [1.82, 2.24) is 15.3 Å². The molecule has 72 valence electrons. The van der Waals surface area contributed by atoms with E-state index in [0.717, 1.165) is 5.82 Å². The van der Waals surface area contributed by atoms with E-state index in [-0.39, 0.29) is 5.91 Å². The summed E-state index contributed by atoms with van der Waals surface area (Å²) in [5, 5.41) is 2.68. The van der Waals surface area contributed by atoms with Crippen LogP contribution in [0.3, 0.4) is 0 Å². The molecule has 1 unspecified atom stereocenters. The molecule has 1 atom stereocenters. The summed E-state index contributed by atoms with van der Waals surface area (Å²) in [6, 6.07) is -0.421. The molecule has 0 saturated heterocycles. The summed E-state index contributed by atoms with van der Waals surface area (Å²) in [5.74, 6) is 0.593. The van der Waals surface area contributed by atoms with Crippen molar-refractivity contribution in [2.45, 2.75) is 25.9 Å². The van der Waals surface area contributed by atoms with E-state index >= 15 is 0 Å². The van der Waals surface area contributed by atoms with Crippen LogP contribution in [0.25, 0.3) is 0 Å². The largest absolute Gasteiger partial charge is 0.348 e. The molecule has 0 fully saturated rings. The first-order valence-electron chi connectivity index (χ1n) is 4.25. The summed E-state index contributed by atoms with van der Waals surface area (Å²) in [6.45, 7) is 2.27. The van der Waals surface area contributed by atoms with Crippen molar-refractivity contribution in [3.8, 4) is 0 Å². The fourth-order valence-electron chi connectivity index (χ4n) is 0.882. The van der Waals surface area contributed by atoms with Crippen LogP contribution in [0.2, 0.25) is 0 Å². The van der Waals surface area contributed by atoms with E-state index in [9.17, 15) is 4.79 Å². The fraction of sp³-hybridized carbons (Fsp3) is 0.500. The van der Waals surface area contributed by atoms with Gasteiger partial charge in [0, 0.05) is 12.4 Å². The van der Waals surface area contributed by atoms with E-state index in [1.165, 1.54) is 0 Å². The number of imidazole rings is 1. The molecule has 0 aliphatic rings. The zero-order valence-corrected chi connectivity index (χ0v) is 7.58. The second kappa shape index (κ2) is 4.61. The van der Waals surface area contributed by atoms with Gasteiger partial charge in [0.1, 0.15) is 5.82 Å². The first-order valence-corrected chi connectivity index (χ1v) is 4.25. The second-order valence-electron chi connectivity index (χ2n) is 2.77. The second-order valence-corrected chi connectivity index (χ2v) is 2.77. The SMILES string of the molecule is CCC(N)C(=O)NCc1ncc[nH]1. The van der Waals surface area contributed by atoms with Crippen LogP contribution in [0.4, 0.5) is 0 Å². The number of nitrogens with one attached hydrogen (secondary N) is 2. The van der Waals surface area contributed by atoms with Crippen molar-refractivity contribution >= 4 is 5.91 Å². The Labute approximate surface area is 76.7 Å². The van der Waals surface area contributed by atoms with E-state index in [0.29, 0.717) is 13.0 Å². The molecule has 4 N–H and O–H groups in total. The van der Waals surface area contributed by atoms with E-state index < -0.39 is 6.04 Å². The van der Waals surface area contributed by atoms with Gasteiger partial charge < -0.3 is 16.0 Å². The zero-order chi connectivity index (χ0) is 9.68. The van der Waals surface area contributed by atoms with Crippen molar-refractivity contribution in [3.63, 3.8) is 0 Å². The van der Waals surface area contributed by atoms with Gasteiger partial charge in [-0.1, -0.05) is 6.92 Å². The van der Waals surface area contributed by atoms with E-state index in [1.807, 2.05) is 6.92 Å². The molecule has 1 amide bonds. The van der Waals surface area contributed by atoms with Crippen LogP contribution in [0.1, 0.15) is 19.2 Å². The molecule has 1 aromatic rings. The number of nitrogens with two attached hydrogens (primary N) is 1. The van der Waals surface area contributed by atoms with Gasteiger partial charge in [0.2, 0.25) is 5.91 Å². The number of H-pyrrole nitrogens is 1. The minimum Gasteiger partial charge on any atom is -0.348 e. The topological polar surface area (TPSA) is 83.8 Å². The van der Waals surface area contributed by atoms with Crippen molar-refractivity contribution in [1.29, 1.82) is 0 Å². The van der Waals surface area contributed by atoms with Crippen molar-refractivity contribution < 1.29 is 4.79 Å². The molecule has 5 heteroatoms. The summed E-state index contributed by atoms with van der Waals surface area (Å²) < 4.78 is 0. The predicted molar refractivity (Wildman–Crippen MR) is 48.7 cm³/mol. The van der Waals surface area contributed by atoms with Crippen molar-refractivity contribution in [3.05, 3.63) is 18.2 Å². The van der Waals surface area contributed by atoms with Gasteiger partial charge in [0.25, 0.3) is 0 Å². The average Bonchev–Trinajstić information content (AvgIpc) is 2.65. The highest BCUT2D eigenvalue weighted by molar-refractivity contribution is 5.81. The molecule has 1 heterocycles. The smallest absolute Gasteiger partial charge is 0.237 e. The fourth-order valence-corrected chi connectivity index (χ4v) is 0.882. The lowest BCUT2D eigenvalue weighted by molar-refractivity contribution is -0.122. The van der Waals surface area contributed by atoms with Gasteiger partial charge in [-0.2, -0.15) is 0 Å². The van der Waals surface area contributed by atoms with Crippen LogP contribution >= 0.6 is 0 Å². The maximum absolute atomic E-state index is 11.2. The third-order valence-electron chi connectivity index (χ3n) is 1.76. The highest BCUT2D eigenvalue weighted by Crippen LogP contribution is 1.89. The number of carbonyl (C=O) groups is 1. The van der Waals surface area contributed by atoms with Crippen LogP contribution in [0.5, 0.6) is 0 Å². The van der Waals surface area contributed by atoms with Gasteiger partial charge >= 0.3 is 0 Å². The normalized spacial score (nSPS) is 12.5. The summed E-state index contributed by atoms with van der Waals surface area (Å²) >= 11 is 0. The maximum atomic E-state index is 11.2. The van der Waals surface area contributed by atoms with Crippen LogP contribution in [-0.4, -0.2) is 21.9 Å². The van der Waals surface area contributed by atoms with Crippen molar-refractivity contribution in [2.75, 3.05) is 0 Å². The molecule has 0 aromatic carbocycles.